The van der Waals surface area contributed by atoms with Gasteiger partial charge in [0.2, 0.25) is 5.12 Å². The van der Waals surface area contributed by atoms with Gasteiger partial charge >= 0.3 is 0 Å². The van der Waals surface area contributed by atoms with Crippen LogP contribution in [0.15, 0.2) is 30.3 Å². The summed E-state index contributed by atoms with van der Waals surface area (Å²) < 4.78 is 0. The lowest BCUT2D eigenvalue weighted by molar-refractivity contribution is 0.108. The quantitative estimate of drug-likeness (QED) is 0.770. The van der Waals surface area contributed by atoms with Gasteiger partial charge in [0.05, 0.1) is 6.61 Å². The van der Waals surface area contributed by atoms with Gasteiger partial charge in [0, 0.05) is 11.3 Å². The molecule has 0 saturated heterocycles. The molecule has 1 rings (SSSR count). The van der Waals surface area contributed by atoms with E-state index in [-0.39, 0.29) is 11.7 Å². The van der Waals surface area contributed by atoms with Crippen LogP contribution in [-0.2, 0) is 0 Å². The number of aliphatic hydroxyl groups excluding tert-OH is 1. The van der Waals surface area contributed by atoms with Gasteiger partial charge in [-0.1, -0.05) is 42.1 Å². The van der Waals surface area contributed by atoms with E-state index in [1.54, 1.807) is 12.1 Å². The van der Waals surface area contributed by atoms with E-state index >= 15 is 0 Å². The number of aliphatic hydroxyl groups is 1. The van der Waals surface area contributed by atoms with E-state index in [0.717, 1.165) is 11.8 Å². The maximum atomic E-state index is 11.3. The maximum Gasteiger partial charge on any atom is 0.219 e. The zero-order valence-corrected chi connectivity index (χ0v) is 7.38. The fraction of sp³-hybridized carbons (Fsp3) is 0.222. The number of carbonyl (C=O) groups excluding carboxylic acids is 1. The molecule has 0 atom stereocenters. The number of benzene rings is 1. The van der Waals surface area contributed by atoms with Crippen molar-refractivity contribution in [2.75, 3.05) is 12.4 Å². The summed E-state index contributed by atoms with van der Waals surface area (Å²) >= 11 is 1.14. The van der Waals surface area contributed by atoms with Crippen LogP contribution in [0.1, 0.15) is 10.4 Å². The molecule has 1 N–H and O–H groups in total. The van der Waals surface area contributed by atoms with E-state index in [1.807, 2.05) is 18.2 Å². The summed E-state index contributed by atoms with van der Waals surface area (Å²) in [7, 11) is 0. The highest BCUT2D eigenvalue weighted by molar-refractivity contribution is 8.14. The molecule has 12 heavy (non-hydrogen) atoms. The molecule has 1 aromatic rings. The van der Waals surface area contributed by atoms with E-state index in [4.69, 9.17) is 5.11 Å². The average molecular weight is 182 g/mol. The molecular weight excluding hydrogens is 172 g/mol. The molecule has 1 aromatic carbocycles. The minimum Gasteiger partial charge on any atom is -0.396 e. The van der Waals surface area contributed by atoms with Gasteiger partial charge in [-0.3, -0.25) is 4.79 Å². The number of hydrogen-bond acceptors (Lipinski definition) is 3. The first kappa shape index (κ1) is 9.29. The summed E-state index contributed by atoms with van der Waals surface area (Å²) in [6.07, 6.45) is 0. The van der Waals surface area contributed by atoms with E-state index in [2.05, 4.69) is 0 Å². The molecule has 0 unspecified atom stereocenters. The third-order valence-corrected chi connectivity index (χ3v) is 2.22. The van der Waals surface area contributed by atoms with Crippen molar-refractivity contribution in [2.24, 2.45) is 0 Å². The summed E-state index contributed by atoms with van der Waals surface area (Å²) in [5, 5.41) is 8.51. The van der Waals surface area contributed by atoms with Gasteiger partial charge in [-0.15, -0.1) is 0 Å². The number of hydrogen-bond donors (Lipinski definition) is 1. The summed E-state index contributed by atoms with van der Waals surface area (Å²) in [4.78, 5) is 11.3. The Bertz CT molecular complexity index is 246. The van der Waals surface area contributed by atoms with Gasteiger partial charge in [-0.2, -0.15) is 0 Å². The van der Waals surface area contributed by atoms with E-state index in [0.29, 0.717) is 11.3 Å². The second-order valence-corrected chi connectivity index (χ2v) is 3.29. The molecule has 0 heterocycles. The van der Waals surface area contributed by atoms with Crippen molar-refractivity contribution in [3.8, 4) is 0 Å². The molecule has 3 heteroatoms. The SMILES string of the molecule is O=C(SCCO)c1ccccc1. The highest BCUT2D eigenvalue weighted by Crippen LogP contribution is 2.10. The fourth-order valence-electron chi connectivity index (χ4n) is 0.796. The largest absolute Gasteiger partial charge is 0.396 e. The van der Waals surface area contributed by atoms with Gasteiger partial charge < -0.3 is 5.11 Å². The van der Waals surface area contributed by atoms with Crippen molar-refractivity contribution in [3.63, 3.8) is 0 Å². The standard InChI is InChI=1S/C9H10O2S/c10-6-7-12-9(11)8-4-2-1-3-5-8/h1-5,10H,6-7H2. The fourth-order valence-corrected chi connectivity index (χ4v) is 1.38. The van der Waals surface area contributed by atoms with Crippen LogP contribution in [-0.4, -0.2) is 22.6 Å². The number of carbonyl (C=O) groups is 1. The van der Waals surface area contributed by atoms with Crippen LogP contribution in [0.3, 0.4) is 0 Å². The monoisotopic (exact) mass is 182 g/mol. The molecule has 0 bridgehead atoms. The van der Waals surface area contributed by atoms with Crippen molar-refractivity contribution in [1.82, 2.24) is 0 Å². The Kier molecular flexibility index (Phi) is 3.84. The molecule has 2 nitrogen and oxygen atoms in total. The Hall–Kier alpha value is -0.800. The third-order valence-electron chi connectivity index (χ3n) is 1.33. The van der Waals surface area contributed by atoms with Crippen LogP contribution in [0.4, 0.5) is 0 Å². The Balaban J connectivity index is 2.54. The van der Waals surface area contributed by atoms with Crippen molar-refractivity contribution in [2.45, 2.75) is 0 Å². The van der Waals surface area contributed by atoms with Crippen LogP contribution >= 0.6 is 11.8 Å². The molecule has 0 aliphatic heterocycles. The van der Waals surface area contributed by atoms with Gasteiger partial charge in [-0.05, 0) is 0 Å². The molecule has 0 aromatic heterocycles. The van der Waals surface area contributed by atoms with Crippen LogP contribution in [0, 0.1) is 0 Å². The second kappa shape index (κ2) is 4.95. The van der Waals surface area contributed by atoms with Crippen molar-refractivity contribution in [3.05, 3.63) is 35.9 Å². The van der Waals surface area contributed by atoms with E-state index < -0.39 is 0 Å². The topological polar surface area (TPSA) is 37.3 Å². The smallest absolute Gasteiger partial charge is 0.219 e. The summed E-state index contributed by atoms with van der Waals surface area (Å²) in [6.45, 7) is 0.0449. The first-order valence-electron chi connectivity index (χ1n) is 3.67. The van der Waals surface area contributed by atoms with Crippen LogP contribution in [0.2, 0.25) is 0 Å². The average Bonchev–Trinajstić information content (AvgIpc) is 2.15. The lowest BCUT2D eigenvalue weighted by atomic mass is 10.2. The Morgan fingerprint density at radius 3 is 2.58 bits per heavy atom. The second-order valence-electron chi connectivity index (χ2n) is 2.23. The summed E-state index contributed by atoms with van der Waals surface area (Å²) in [6, 6.07) is 9.06. The molecule has 0 radical (unpaired) electrons. The van der Waals surface area contributed by atoms with Gasteiger partial charge in [-0.25, -0.2) is 0 Å². The lowest BCUT2D eigenvalue weighted by Gasteiger charge is -1.97. The number of thioether (sulfide) groups is 1. The molecule has 0 fully saturated rings. The van der Waals surface area contributed by atoms with Crippen molar-refractivity contribution in [1.29, 1.82) is 0 Å². The molecule has 0 saturated carbocycles. The van der Waals surface area contributed by atoms with E-state index in [9.17, 15) is 4.79 Å². The molecule has 0 spiro atoms. The first-order chi connectivity index (χ1) is 5.84. The Labute approximate surface area is 75.6 Å². The minimum atomic E-state index is 0.0182. The summed E-state index contributed by atoms with van der Waals surface area (Å²) in [5.41, 5.74) is 0.691. The molecular formula is C9H10O2S. The maximum absolute atomic E-state index is 11.3. The Morgan fingerprint density at radius 2 is 2.00 bits per heavy atom. The lowest BCUT2D eigenvalue weighted by Crippen LogP contribution is -1.96. The third kappa shape index (κ3) is 2.68. The molecule has 0 aliphatic carbocycles. The van der Waals surface area contributed by atoms with Gasteiger partial charge in [0.15, 0.2) is 0 Å². The molecule has 64 valence electrons. The van der Waals surface area contributed by atoms with Crippen LogP contribution in [0.25, 0.3) is 0 Å². The molecule has 0 amide bonds. The highest BCUT2D eigenvalue weighted by atomic mass is 32.2. The first-order valence-corrected chi connectivity index (χ1v) is 4.66. The van der Waals surface area contributed by atoms with Crippen LogP contribution < -0.4 is 0 Å². The van der Waals surface area contributed by atoms with Crippen molar-refractivity contribution < 1.29 is 9.90 Å². The normalized spacial score (nSPS) is 9.75. The van der Waals surface area contributed by atoms with Gasteiger partial charge in [0.1, 0.15) is 0 Å². The van der Waals surface area contributed by atoms with Gasteiger partial charge in [0.25, 0.3) is 0 Å². The van der Waals surface area contributed by atoms with Crippen LogP contribution in [0.5, 0.6) is 0 Å². The predicted octanol–water partition coefficient (Wildman–Crippen LogP) is 1.55. The van der Waals surface area contributed by atoms with Crippen molar-refractivity contribution >= 4 is 16.9 Å². The van der Waals surface area contributed by atoms with E-state index in [1.165, 1.54) is 0 Å². The zero-order valence-electron chi connectivity index (χ0n) is 6.56. The zero-order chi connectivity index (χ0) is 8.81. The Morgan fingerprint density at radius 1 is 1.33 bits per heavy atom. The molecule has 0 aliphatic rings. The predicted molar refractivity (Wildman–Crippen MR) is 50.3 cm³/mol. The minimum absolute atomic E-state index is 0.0182. The highest BCUT2D eigenvalue weighted by Gasteiger charge is 2.03. The summed E-state index contributed by atoms with van der Waals surface area (Å²) in [5.74, 6) is 0.466. The number of rotatable bonds is 3.